The molecule has 0 fully saturated rings. The Morgan fingerprint density at radius 2 is 2.00 bits per heavy atom. The highest BCUT2D eigenvalue weighted by Gasteiger charge is 2.20. The number of carboxylic acid groups (broad SMARTS) is 1. The number of hydrogen-bond donors (Lipinski definition) is 2. The second-order valence-corrected chi connectivity index (χ2v) is 4.32. The normalized spacial score (nSPS) is 10.4. The molecular formula is C14H14N2O5. The molecule has 21 heavy (non-hydrogen) atoms. The topological polar surface area (TPSA) is 97.6 Å². The Morgan fingerprint density at radius 1 is 1.29 bits per heavy atom. The molecule has 0 aliphatic rings. The molecule has 0 saturated heterocycles. The molecular weight excluding hydrogens is 276 g/mol. The molecule has 0 bridgehead atoms. The van der Waals surface area contributed by atoms with Crippen LogP contribution < -0.4 is 5.32 Å². The van der Waals surface area contributed by atoms with Gasteiger partial charge in [-0.05, 0) is 31.2 Å². The minimum atomic E-state index is -1.24. The van der Waals surface area contributed by atoms with E-state index in [0.29, 0.717) is 16.6 Å². The Hall–Kier alpha value is -2.83. The van der Waals surface area contributed by atoms with Gasteiger partial charge >= 0.3 is 12.1 Å². The fourth-order valence-electron chi connectivity index (χ4n) is 2.04. The minimum absolute atomic E-state index is 0.140. The van der Waals surface area contributed by atoms with Crippen molar-refractivity contribution >= 4 is 34.6 Å². The maximum absolute atomic E-state index is 11.9. The van der Waals surface area contributed by atoms with E-state index in [2.05, 4.69) is 5.32 Å². The second-order valence-electron chi connectivity index (χ2n) is 4.32. The summed E-state index contributed by atoms with van der Waals surface area (Å²) in [6, 6.07) is 6.11. The molecule has 7 heteroatoms. The predicted molar refractivity (Wildman–Crippen MR) is 75.6 cm³/mol. The lowest BCUT2D eigenvalue weighted by atomic mass is 10.2. The summed E-state index contributed by atoms with van der Waals surface area (Å²) < 4.78 is 5.87. The van der Waals surface area contributed by atoms with Crippen molar-refractivity contribution in [2.24, 2.45) is 0 Å². The Bertz CT molecular complexity index is 732. The van der Waals surface area contributed by atoms with Crippen LogP contribution >= 0.6 is 0 Å². The van der Waals surface area contributed by atoms with Crippen molar-refractivity contribution in [1.82, 2.24) is 4.57 Å². The Morgan fingerprint density at radius 3 is 2.57 bits per heavy atom. The number of benzene rings is 1. The first-order chi connectivity index (χ1) is 9.93. The number of anilines is 1. The molecule has 2 N–H and O–H groups in total. The van der Waals surface area contributed by atoms with Gasteiger partial charge in [0.1, 0.15) is 5.69 Å². The SMILES string of the molecule is CCOC(=O)n1c(C(=O)O)cc2cc(NC(C)=O)ccc21. The summed E-state index contributed by atoms with van der Waals surface area (Å²) in [5.41, 5.74) is 0.733. The molecule has 0 saturated carbocycles. The molecule has 0 unspecified atom stereocenters. The highest BCUT2D eigenvalue weighted by atomic mass is 16.5. The van der Waals surface area contributed by atoms with Gasteiger partial charge in [-0.25, -0.2) is 14.2 Å². The summed E-state index contributed by atoms with van der Waals surface area (Å²) in [5.74, 6) is -1.47. The number of fused-ring (bicyclic) bond motifs is 1. The van der Waals surface area contributed by atoms with Crippen molar-refractivity contribution in [2.75, 3.05) is 11.9 Å². The standard InChI is InChI=1S/C14H14N2O5/c1-3-21-14(20)16-11-5-4-10(15-8(2)17)6-9(11)7-12(16)13(18)19/h4-7H,3H2,1-2H3,(H,15,17)(H,18,19). The Labute approximate surface area is 120 Å². The smallest absolute Gasteiger partial charge is 0.419 e. The number of nitrogens with zero attached hydrogens (tertiary/aromatic N) is 1. The van der Waals surface area contributed by atoms with Crippen LogP contribution in [0.3, 0.4) is 0 Å². The monoisotopic (exact) mass is 290 g/mol. The molecule has 0 spiro atoms. The number of rotatable bonds is 3. The third kappa shape index (κ3) is 2.86. The van der Waals surface area contributed by atoms with Gasteiger partial charge in [0.25, 0.3) is 0 Å². The Kier molecular flexibility index (Phi) is 3.93. The van der Waals surface area contributed by atoms with E-state index in [1.54, 1.807) is 25.1 Å². The fourth-order valence-corrected chi connectivity index (χ4v) is 2.04. The van der Waals surface area contributed by atoms with Crippen LogP contribution in [0.4, 0.5) is 10.5 Å². The van der Waals surface area contributed by atoms with Crippen molar-refractivity contribution in [3.8, 4) is 0 Å². The van der Waals surface area contributed by atoms with E-state index in [1.807, 2.05) is 0 Å². The van der Waals surface area contributed by atoms with Crippen LogP contribution in [0.2, 0.25) is 0 Å². The molecule has 0 aliphatic heterocycles. The van der Waals surface area contributed by atoms with E-state index >= 15 is 0 Å². The molecule has 0 atom stereocenters. The summed E-state index contributed by atoms with van der Waals surface area (Å²) in [6.45, 7) is 3.15. The molecule has 1 aromatic carbocycles. The van der Waals surface area contributed by atoms with Gasteiger partial charge in [-0.1, -0.05) is 0 Å². The quantitative estimate of drug-likeness (QED) is 0.903. The van der Waals surface area contributed by atoms with E-state index in [0.717, 1.165) is 4.57 Å². The van der Waals surface area contributed by atoms with E-state index in [1.165, 1.54) is 13.0 Å². The lowest BCUT2D eigenvalue weighted by Crippen LogP contribution is -2.18. The molecule has 2 rings (SSSR count). The zero-order valence-electron chi connectivity index (χ0n) is 11.5. The number of carboxylic acids is 1. The molecule has 1 amide bonds. The maximum Gasteiger partial charge on any atom is 0.419 e. The van der Waals surface area contributed by atoms with Crippen LogP contribution in [0, 0.1) is 0 Å². The summed E-state index contributed by atoms with van der Waals surface area (Å²) in [7, 11) is 0. The number of carbonyl (C=O) groups is 3. The van der Waals surface area contributed by atoms with E-state index in [4.69, 9.17) is 4.74 Å². The van der Waals surface area contributed by atoms with Crippen LogP contribution in [0.25, 0.3) is 10.9 Å². The van der Waals surface area contributed by atoms with Gasteiger partial charge in [0, 0.05) is 18.0 Å². The van der Waals surface area contributed by atoms with Crippen molar-refractivity contribution in [3.63, 3.8) is 0 Å². The zero-order valence-corrected chi connectivity index (χ0v) is 11.5. The minimum Gasteiger partial charge on any atom is -0.477 e. The van der Waals surface area contributed by atoms with Gasteiger partial charge in [0.2, 0.25) is 5.91 Å². The van der Waals surface area contributed by atoms with Gasteiger partial charge in [0.15, 0.2) is 0 Å². The number of aromatic carboxylic acids is 1. The van der Waals surface area contributed by atoms with E-state index < -0.39 is 12.1 Å². The summed E-state index contributed by atoms with van der Waals surface area (Å²) >= 11 is 0. The van der Waals surface area contributed by atoms with E-state index in [-0.39, 0.29) is 18.2 Å². The number of ether oxygens (including phenoxy) is 1. The van der Waals surface area contributed by atoms with E-state index in [9.17, 15) is 19.5 Å². The molecule has 0 aliphatic carbocycles. The third-order valence-corrected chi connectivity index (χ3v) is 2.79. The average molecular weight is 290 g/mol. The first kappa shape index (κ1) is 14.6. The second kappa shape index (κ2) is 5.66. The number of hydrogen-bond acceptors (Lipinski definition) is 4. The van der Waals surface area contributed by atoms with Crippen molar-refractivity contribution in [2.45, 2.75) is 13.8 Å². The van der Waals surface area contributed by atoms with Gasteiger partial charge in [-0.2, -0.15) is 0 Å². The molecule has 110 valence electrons. The number of aromatic nitrogens is 1. The van der Waals surface area contributed by atoms with Crippen LogP contribution in [-0.4, -0.2) is 34.3 Å². The van der Waals surface area contributed by atoms with Crippen LogP contribution in [0.5, 0.6) is 0 Å². The fraction of sp³-hybridized carbons (Fsp3) is 0.214. The predicted octanol–water partition coefficient (Wildman–Crippen LogP) is 2.30. The molecule has 0 radical (unpaired) electrons. The third-order valence-electron chi connectivity index (χ3n) is 2.79. The van der Waals surface area contributed by atoms with Gasteiger partial charge in [-0.3, -0.25) is 4.79 Å². The summed E-state index contributed by atoms with van der Waals surface area (Å²) in [6.07, 6.45) is -0.753. The lowest BCUT2D eigenvalue weighted by molar-refractivity contribution is -0.114. The number of carbonyl (C=O) groups excluding carboxylic acids is 2. The van der Waals surface area contributed by atoms with Gasteiger partial charge < -0.3 is 15.2 Å². The lowest BCUT2D eigenvalue weighted by Gasteiger charge is -2.07. The Balaban J connectivity index is 2.60. The number of nitrogens with one attached hydrogen (secondary N) is 1. The first-order valence-corrected chi connectivity index (χ1v) is 6.27. The number of amides is 1. The van der Waals surface area contributed by atoms with Crippen molar-refractivity contribution in [1.29, 1.82) is 0 Å². The largest absolute Gasteiger partial charge is 0.477 e. The van der Waals surface area contributed by atoms with Crippen molar-refractivity contribution in [3.05, 3.63) is 30.0 Å². The zero-order chi connectivity index (χ0) is 15.6. The highest BCUT2D eigenvalue weighted by Crippen LogP contribution is 2.24. The van der Waals surface area contributed by atoms with Gasteiger partial charge in [-0.15, -0.1) is 0 Å². The molecule has 1 aromatic heterocycles. The summed E-state index contributed by atoms with van der Waals surface area (Å²) in [4.78, 5) is 34.2. The average Bonchev–Trinajstić information content (AvgIpc) is 2.77. The molecule has 7 nitrogen and oxygen atoms in total. The maximum atomic E-state index is 11.9. The van der Waals surface area contributed by atoms with Crippen molar-refractivity contribution < 1.29 is 24.2 Å². The summed E-state index contributed by atoms with van der Waals surface area (Å²) in [5, 5.41) is 12.3. The van der Waals surface area contributed by atoms with Crippen LogP contribution in [0.15, 0.2) is 24.3 Å². The van der Waals surface area contributed by atoms with Gasteiger partial charge in [0.05, 0.1) is 12.1 Å². The molecule has 1 heterocycles. The van der Waals surface area contributed by atoms with Crippen LogP contribution in [-0.2, 0) is 9.53 Å². The first-order valence-electron chi connectivity index (χ1n) is 6.27. The highest BCUT2D eigenvalue weighted by molar-refractivity contribution is 6.02. The molecule has 2 aromatic rings. The van der Waals surface area contributed by atoms with Crippen LogP contribution in [0.1, 0.15) is 24.3 Å².